The summed E-state index contributed by atoms with van der Waals surface area (Å²) in [5, 5.41) is 6.36. The van der Waals surface area contributed by atoms with Crippen LogP contribution < -0.4 is 15.4 Å². The molecule has 2 atom stereocenters. The molecule has 1 amide bonds. The number of carbonyl (C=O) groups is 1. The Balaban J connectivity index is 1.65. The van der Waals surface area contributed by atoms with Gasteiger partial charge in [0.25, 0.3) is 5.91 Å². The van der Waals surface area contributed by atoms with Crippen molar-refractivity contribution in [1.29, 1.82) is 0 Å². The van der Waals surface area contributed by atoms with Gasteiger partial charge in [-0.15, -0.1) is 0 Å². The minimum Gasteiger partial charge on any atom is -0.467 e. The van der Waals surface area contributed by atoms with E-state index in [4.69, 9.17) is 0 Å². The zero-order chi connectivity index (χ0) is 16.4. The van der Waals surface area contributed by atoms with Crippen molar-refractivity contribution in [2.45, 2.75) is 50.0 Å². The quantitative estimate of drug-likeness (QED) is 0.887. The fraction of sp³-hybridized carbons (Fsp3) is 0.600. The van der Waals surface area contributed by atoms with Gasteiger partial charge in [0.15, 0.2) is 6.61 Å². The fourth-order valence-corrected chi connectivity index (χ4v) is 3.27. The molecule has 2 bridgehead atoms. The van der Waals surface area contributed by atoms with Crippen molar-refractivity contribution in [3.63, 3.8) is 0 Å². The van der Waals surface area contributed by atoms with Crippen LogP contribution in [0.25, 0.3) is 0 Å². The van der Waals surface area contributed by atoms with Gasteiger partial charge in [0, 0.05) is 24.3 Å². The lowest BCUT2D eigenvalue weighted by Crippen LogP contribution is -2.48. The van der Waals surface area contributed by atoms with Crippen LogP contribution in [0.1, 0.15) is 36.0 Å². The van der Waals surface area contributed by atoms with E-state index in [0.29, 0.717) is 12.1 Å². The molecule has 2 saturated heterocycles. The van der Waals surface area contributed by atoms with Crippen molar-refractivity contribution in [2.24, 2.45) is 0 Å². The highest BCUT2D eigenvalue weighted by Gasteiger charge is 2.34. The second-order valence-electron chi connectivity index (χ2n) is 6.04. The van der Waals surface area contributed by atoms with Gasteiger partial charge in [-0.25, -0.2) is 4.98 Å². The van der Waals surface area contributed by atoms with Gasteiger partial charge >= 0.3 is 6.18 Å². The third-order valence-corrected chi connectivity index (χ3v) is 4.20. The van der Waals surface area contributed by atoms with Gasteiger partial charge in [0.1, 0.15) is 5.56 Å². The number of ether oxygens (including phenoxy) is 1. The summed E-state index contributed by atoms with van der Waals surface area (Å²) in [5.74, 6) is -0.735. The Morgan fingerprint density at radius 2 is 2.04 bits per heavy atom. The monoisotopic (exact) mass is 329 g/mol. The van der Waals surface area contributed by atoms with Crippen LogP contribution in [0.5, 0.6) is 5.88 Å². The first-order valence-electron chi connectivity index (χ1n) is 7.62. The molecule has 0 radical (unpaired) electrons. The number of nitrogens with zero attached hydrogens (tertiary/aromatic N) is 1. The van der Waals surface area contributed by atoms with Crippen LogP contribution >= 0.6 is 0 Å². The summed E-state index contributed by atoms with van der Waals surface area (Å²) in [7, 11) is 0. The van der Waals surface area contributed by atoms with Crippen LogP contribution in [0.3, 0.4) is 0 Å². The summed E-state index contributed by atoms with van der Waals surface area (Å²) in [6, 6.07) is 3.77. The van der Waals surface area contributed by atoms with Crippen LogP contribution in [-0.4, -0.2) is 41.8 Å². The Hall–Kier alpha value is -1.83. The van der Waals surface area contributed by atoms with E-state index in [1.807, 2.05) is 0 Å². The number of carbonyl (C=O) groups excluding carboxylic acids is 1. The molecule has 2 N–H and O–H groups in total. The second-order valence-corrected chi connectivity index (χ2v) is 6.04. The predicted molar refractivity (Wildman–Crippen MR) is 76.2 cm³/mol. The molecule has 1 aromatic heterocycles. The van der Waals surface area contributed by atoms with Crippen molar-refractivity contribution < 1.29 is 22.7 Å². The highest BCUT2D eigenvalue weighted by Crippen LogP contribution is 2.27. The van der Waals surface area contributed by atoms with Gasteiger partial charge < -0.3 is 15.4 Å². The molecule has 126 valence electrons. The number of nitrogens with one attached hydrogen (secondary N) is 2. The van der Waals surface area contributed by atoms with Gasteiger partial charge in [0.05, 0.1) is 0 Å². The van der Waals surface area contributed by atoms with E-state index in [-0.39, 0.29) is 17.5 Å². The van der Waals surface area contributed by atoms with Gasteiger partial charge in [-0.1, -0.05) is 0 Å². The van der Waals surface area contributed by atoms with Crippen LogP contribution in [0, 0.1) is 0 Å². The maximum atomic E-state index is 12.4. The summed E-state index contributed by atoms with van der Waals surface area (Å²) in [6.45, 7) is -1.47. The molecule has 5 nitrogen and oxygen atoms in total. The molecule has 3 heterocycles. The lowest BCUT2D eigenvalue weighted by atomic mass is 9.99. The van der Waals surface area contributed by atoms with E-state index in [9.17, 15) is 18.0 Å². The molecule has 0 spiro atoms. The number of piperidine rings is 1. The highest BCUT2D eigenvalue weighted by molar-refractivity contribution is 5.96. The maximum absolute atomic E-state index is 12.4. The summed E-state index contributed by atoms with van der Waals surface area (Å²) in [6.07, 6.45) is 0.697. The number of hydrogen-bond donors (Lipinski definition) is 2. The van der Waals surface area contributed by atoms with E-state index >= 15 is 0 Å². The molecule has 1 aromatic rings. The number of amides is 1. The SMILES string of the molecule is O=C(NC1CC2CCC(C1)N2)c1cccnc1OCC(F)(F)F. The average Bonchev–Trinajstić information content (AvgIpc) is 2.83. The maximum Gasteiger partial charge on any atom is 0.422 e. The van der Waals surface area contributed by atoms with Crippen LogP contribution in [0.4, 0.5) is 13.2 Å². The number of aromatic nitrogens is 1. The molecule has 2 fully saturated rings. The molecule has 2 unspecified atom stereocenters. The number of fused-ring (bicyclic) bond motifs is 2. The van der Waals surface area contributed by atoms with Crippen LogP contribution in [0.2, 0.25) is 0 Å². The van der Waals surface area contributed by atoms with Crippen molar-refractivity contribution in [3.8, 4) is 5.88 Å². The average molecular weight is 329 g/mol. The Labute approximate surface area is 131 Å². The van der Waals surface area contributed by atoms with Gasteiger partial charge in [-0.3, -0.25) is 4.79 Å². The third-order valence-electron chi connectivity index (χ3n) is 4.20. The number of rotatable bonds is 4. The Kier molecular flexibility index (Phi) is 4.43. The van der Waals surface area contributed by atoms with Gasteiger partial charge in [0.2, 0.25) is 5.88 Å². The van der Waals surface area contributed by atoms with E-state index in [1.54, 1.807) is 0 Å². The molecule has 2 aliphatic rings. The van der Waals surface area contributed by atoms with Crippen molar-refractivity contribution in [2.75, 3.05) is 6.61 Å². The Morgan fingerprint density at radius 1 is 1.35 bits per heavy atom. The first-order valence-corrected chi connectivity index (χ1v) is 7.62. The number of halogens is 3. The standard InChI is InChI=1S/C15H18F3N3O2/c16-15(17,18)8-23-14-12(2-1-5-19-14)13(22)21-11-6-9-3-4-10(7-11)20-9/h1-2,5,9-11,20H,3-4,6-8H2,(H,21,22). The van der Waals surface area contributed by atoms with E-state index in [1.165, 1.54) is 18.3 Å². The highest BCUT2D eigenvalue weighted by atomic mass is 19.4. The number of pyridine rings is 1. The summed E-state index contributed by atoms with van der Waals surface area (Å²) < 4.78 is 41.5. The molecule has 3 rings (SSSR count). The Morgan fingerprint density at radius 3 is 2.70 bits per heavy atom. The summed E-state index contributed by atoms with van der Waals surface area (Å²) in [4.78, 5) is 16.1. The molecule has 0 saturated carbocycles. The van der Waals surface area contributed by atoms with E-state index in [2.05, 4.69) is 20.4 Å². The smallest absolute Gasteiger partial charge is 0.422 e. The van der Waals surface area contributed by atoms with E-state index < -0.39 is 18.7 Å². The lowest BCUT2D eigenvalue weighted by molar-refractivity contribution is -0.154. The van der Waals surface area contributed by atoms with Crippen LogP contribution in [-0.2, 0) is 0 Å². The van der Waals surface area contributed by atoms with Gasteiger partial charge in [-0.2, -0.15) is 13.2 Å². The number of alkyl halides is 3. The summed E-state index contributed by atoms with van der Waals surface area (Å²) in [5.41, 5.74) is 0.0302. The molecule has 2 aliphatic heterocycles. The number of hydrogen-bond acceptors (Lipinski definition) is 4. The minimum absolute atomic E-state index is 0.0249. The van der Waals surface area contributed by atoms with E-state index in [0.717, 1.165) is 25.7 Å². The van der Waals surface area contributed by atoms with Gasteiger partial charge in [-0.05, 0) is 37.8 Å². The molecule has 8 heteroatoms. The predicted octanol–water partition coefficient (Wildman–Crippen LogP) is 2.04. The zero-order valence-electron chi connectivity index (χ0n) is 12.4. The van der Waals surface area contributed by atoms with Crippen molar-refractivity contribution >= 4 is 5.91 Å². The minimum atomic E-state index is -4.47. The first-order chi connectivity index (χ1) is 10.9. The van der Waals surface area contributed by atoms with Crippen molar-refractivity contribution in [1.82, 2.24) is 15.6 Å². The second kappa shape index (κ2) is 6.35. The molecular formula is C15H18F3N3O2. The molecular weight excluding hydrogens is 311 g/mol. The first kappa shape index (κ1) is 16.0. The van der Waals surface area contributed by atoms with Crippen LogP contribution in [0.15, 0.2) is 18.3 Å². The largest absolute Gasteiger partial charge is 0.467 e. The topological polar surface area (TPSA) is 63.2 Å². The zero-order valence-corrected chi connectivity index (χ0v) is 12.4. The lowest BCUT2D eigenvalue weighted by Gasteiger charge is -2.29. The van der Waals surface area contributed by atoms with Crippen molar-refractivity contribution in [3.05, 3.63) is 23.9 Å². The Bertz CT molecular complexity index is 567. The fourth-order valence-electron chi connectivity index (χ4n) is 3.27. The molecule has 23 heavy (non-hydrogen) atoms. The summed E-state index contributed by atoms with van der Waals surface area (Å²) >= 11 is 0. The third kappa shape index (κ3) is 4.13. The normalized spacial score (nSPS) is 26.8. The molecule has 0 aromatic carbocycles. The molecule has 0 aliphatic carbocycles.